The predicted molar refractivity (Wildman–Crippen MR) is 70.9 cm³/mol. The number of carbonyl (C=O) groups is 1. The van der Waals surface area contributed by atoms with Gasteiger partial charge in [-0.15, -0.1) is 0 Å². The molecule has 2 atom stereocenters. The molecular weight excluding hydrogens is 246 g/mol. The van der Waals surface area contributed by atoms with Crippen molar-refractivity contribution >= 4 is 5.97 Å². The Morgan fingerprint density at radius 3 is 2.63 bits per heavy atom. The zero-order valence-corrected chi connectivity index (χ0v) is 11.4. The van der Waals surface area contributed by atoms with Gasteiger partial charge in [0.25, 0.3) is 0 Å². The number of hydrogen-bond donors (Lipinski definition) is 2. The van der Waals surface area contributed by atoms with Crippen molar-refractivity contribution in [2.75, 3.05) is 27.8 Å². The first-order chi connectivity index (χ1) is 9.09. The number of carboxylic acids is 1. The lowest BCUT2D eigenvalue weighted by Crippen LogP contribution is -2.26. The number of aliphatic carboxylic acids is 1. The van der Waals surface area contributed by atoms with Crippen molar-refractivity contribution in [3.63, 3.8) is 0 Å². The van der Waals surface area contributed by atoms with Crippen LogP contribution in [0.3, 0.4) is 0 Å². The highest BCUT2D eigenvalue weighted by Crippen LogP contribution is 2.55. The maximum Gasteiger partial charge on any atom is 0.314 e. The minimum Gasteiger partial charge on any atom is -0.493 e. The van der Waals surface area contributed by atoms with Crippen LogP contribution in [0.2, 0.25) is 0 Å². The van der Waals surface area contributed by atoms with Gasteiger partial charge in [0.15, 0.2) is 11.5 Å². The largest absolute Gasteiger partial charge is 0.493 e. The zero-order chi connectivity index (χ0) is 14.0. The van der Waals surface area contributed by atoms with Crippen LogP contribution in [0.4, 0.5) is 0 Å². The lowest BCUT2D eigenvalue weighted by atomic mass is 9.93. The molecule has 0 aliphatic heterocycles. The Bertz CT molecular complexity index is 488. The summed E-state index contributed by atoms with van der Waals surface area (Å²) in [6.45, 7) is 0.695. The number of rotatable bonds is 6. The fraction of sp³-hybridized carbons (Fsp3) is 0.500. The Kier molecular flexibility index (Phi) is 3.66. The standard InChI is InChI=1S/C14H19NO4/c1-15-8-10-7-14(10,13(16)17)9-4-5-11(18-2)12(6-9)19-3/h4-6,10,15H,7-8H2,1-3H3,(H,16,17)/t10-,14-/m0/s1. The van der Waals surface area contributed by atoms with Gasteiger partial charge in [-0.1, -0.05) is 6.07 Å². The van der Waals surface area contributed by atoms with Crippen LogP contribution in [0, 0.1) is 5.92 Å². The summed E-state index contributed by atoms with van der Waals surface area (Å²) in [5, 5.41) is 12.6. The molecule has 2 rings (SSSR count). The van der Waals surface area contributed by atoms with Crippen LogP contribution in [0.25, 0.3) is 0 Å². The molecule has 1 aliphatic carbocycles. The van der Waals surface area contributed by atoms with Gasteiger partial charge in [0.05, 0.1) is 19.6 Å². The van der Waals surface area contributed by atoms with Crippen LogP contribution in [0.15, 0.2) is 18.2 Å². The quantitative estimate of drug-likeness (QED) is 0.810. The lowest BCUT2D eigenvalue weighted by Gasteiger charge is -2.16. The monoisotopic (exact) mass is 265 g/mol. The summed E-state index contributed by atoms with van der Waals surface area (Å²) in [6.07, 6.45) is 0.651. The number of ether oxygens (including phenoxy) is 2. The summed E-state index contributed by atoms with van der Waals surface area (Å²) in [7, 11) is 4.94. The summed E-state index contributed by atoms with van der Waals surface area (Å²) in [5.41, 5.74) is -0.0133. The number of nitrogens with one attached hydrogen (secondary N) is 1. The van der Waals surface area contributed by atoms with Crippen molar-refractivity contribution in [3.05, 3.63) is 23.8 Å². The van der Waals surface area contributed by atoms with Crippen LogP contribution in [0.1, 0.15) is 12.0 Å². The maximum absolute atomic E-state index is 11.6. The average Bonchev–Trinajstić information content (AvgIpc) is 3.14. The molecule has 1 saturated carbocycles. The second-order valence-electron chi connectivity index (χ2n) is 4.80. The topological polar surface area (TPSA) is 67.8 Å². The van der Waals surface area contributed by atoms with Gasteiger partial charge in [0.1, 0.15) is 0 Å². The number of carboxylic acid groups (broad SMARTS) is 1. The van der Waals surface area contributed by atoms with E-state index in [1.807, 2.05) is 13.1 Å². The van der Waals surface area contributed by atoms with E-state index < -0.39 is 11.4 Å². The molecule has 0 saturated heterocycles. The third-order valence-electron chi connectivity index (χ3n) is 3.84. The van der Waals surface area contributed by atoms with Crippen molar-refractivity contribution in [1.82, 2.24) is 5.32 Å². The van der Waals surface area contributed by atoms with Crippen LogP contribution in [0.5, 0.6) is 11.5 Å². The average molecular weight is 265 g/mol. The first-order valence-corrected chi connectivity index (χ1v) is 6.20. The van der Waals surface area contributed by atoms with E-state index in [1.54, 1.807) is 26.4 Å². The molecule has 5 nitrogen and oxygen atoms in total. The van der Waals surface area contributed by atoms with Crippen molar-refractivity contribution in [2.45, 2.75) is 11.8 Å². The Balaban J connectivity index is 2.37. The lowest BCUT2D eigenvalue weighted by molar-refractivity contribution is -0.140. The minimum absolute atomic E-state index is 0.119. The molecule has 1 aliphatic rings. The van der Waals surface area contributed by atoms with E-state index in [4.69, 9.17) is 9.47 Å². The number of methoxy groups -OCH3 is 2. The Labute approximate surface area is 112 Å². The third kappa shape index (κ3) is 2.14. The normalized spacial score (nSPS) is 24.9. The van der Waals surface area contributed by atoms with Gasteiger partial charge < -0.3 is 19.9 Å². The molecule has 0 amide bonds. The minimum atomic E-state index is -0.789. The fourth-order valence-corrected chi connectivity index (χ4v) is 2.68. The van der Waals surface area contributed by atoms with Gasteiger partial charge in [-0.25, -0.2) is 0 Å². The van der Waals surface area contributed by atoms with Crippen LogP contribution in [-0.4, -0.2) is 38.9 Å². The van der Waals surface area contributed by atoms with Crippen molar-refractivity contribution in [1.29, 1.82) is 0 Å². The van der Waals surface area contributed by atoms with E-state index in [9.17, 15) is 9.90 Å². The highest BCUT2D eigenvalue weighted by molar-refractivity contribution is 5.86. The Morgan fingerprint density at radius 2 is 2.11 bits per heavy atom. The van der Waals surface area contributed by atoms with Crippen LogP contribution < -0.4 is 14.8 Å². The van der Waals surface area contributed by atoms with Crippen molar-refractivity contribution in [2.24, 2.45) is 5.92 Å². The second kappa shape index (κ2) is 5.09. The van der Waals surface area contributed by atoms with Gasteiger partial charge in [0, 0.05) is 0 Å². The van der Waals surface area contributed by atoms with E-state index in [0.717, 1.165) is 5.56 Å². The van der Waals surface area contributed by atoms with Gasteiger partial charge in [-0.3, -0.25) is 4.79 Å². The molecule has 19 heavy (non-hydrogen) atoms. The molecule has 1 aromatic rings. The second-order valence-corrected chi connectivity index (χ2v) is 4.80. The Hall–Kier alpha value is -1.75. The predicted octanol–water partition coefficient (Wildman–Crippen LogP) is 1.27. The summed E-state index contributed by atoms with van der Waals surface area (Å²) < 4.78 is 10.4. The molecule has 1 fully saturated rings. The highest BCUT2D eigenvalue weighted by Gasteiger charge is 2.61. The van der Waals surface area contributed by atoms with E-state index in [0.29, 0.717) is 24.5 Å². The first kappa shape index (κ1) is 13.7. The fourth-order valence-electron chi connectivity index (χ4n) is 2.68. The van der Waals surface area contributed by atoms with E-state index in [-0.39, 0.29) is 5.92 Å². The maximum atomic E-state index is 11.6. The molecule has 2 N–H and O–H groups in total. The van der Waals surface area contributed by atoms with E-state index in [1.165, 1.54) is 0 Å². The van der Waals surface area contributed by atoms with Crippen molar-refractivity contribution in [3.8, 4) is 11.5 Å². The smallest absolute Gasteiger partial charge is 0.314 e. The molecule has 0 heterocycles. The molecule has 0 unspecified atom stereocenters. The van der Waals surface area contributed by atoms with Gasteiger partial charge >= 0.3 is 5.97 Å². The first-order valence-electron chi connectivity index (χ1n) is 6.20. The summed E-state index contributed by atoms with van der Waals surface area (Å²) in [4.78, 5) is 11.6. The number of hydrogen-bond acceptors (Lipinski definition) is 4. The molecule has 5 heteroatoms. The number of benzene rings is 1. The highest BCUT2D eigenvalue weighted by atomic mass is 16.5. The molecule has 0 aromatic heterocycles. The van der Waals surface area contributed by atoms with Gasteiger partial charge in [-0.05, 0) is 43.6 Å². The molecule has 104 valence electrons. The van der Waals surface area contributed by atoms with Crippen LogP contribution >= 0.6 is 0 Å². The summed E-state index contributed by atoms with van der Waals surface area (Å²) >= 11 is 0. The third-order valence-corrected chi connectivity index (χ3v) is 3.84. The van der Waals surface area contributed by atoms with E-state index in [2.05, 4.69) is 5.32 Å². The summed E-state index contributed by atoms with van der Waals surface area (Å²) in [6, 6.07) is 5.33. The molecule has 0 bridgehead atoms. The molecule has 0 radical (unpaired) electrons. The summed E-state index contributed by atoms with van der Waals surface area (Å²) in [5.74, 6) is 0.515. The zero-order valence-electron chi connectivity index (χ0n) is 11.4. The van der Waals surface area contributed by atoms with Crippen molar-refractivity contribution < 1.29 is 19.4 Å². The SMILES string of the molecule is CNC[C@@H]1C[C@]1(C(=O)O)c1ccc(OC)c(OC)c1. The molecule has 0 spiro atoms. The van der Waals surface area contributed by atoms with Crippen LogP contribution in [-0.2, 0) is 10.2 Å². The van der Waals surface area contributed by atoms with Gasteiger partial charge in [0.2, 0.25) is 0 Å². The van der Waals surface area contributed by atoms with Gasteiger partial charge in [-0.2, -0.15) is 0 Å². The molecular formula is C14H19NO4. The Morgan fingerprint density at radius 1 is 1.42 bits per heavy atom. The molecule has 1 aromatic carbocycles. The van der Waals surface area contributed by atoms with E-state index >= 15 is 0 Å².